The number of aromatic nitrogens is 2. The number of anilines is 2. The third-order valence-electron chi connectivity index (χ3n) is 5.72. The molecule has 0 bridgehead atoms. The smallest absolute Gasteiger partial charge is 0.349 e. The highest BCUT2D eigenvalue weighted by molar-refractivity contribution is 5.94. The second kappa shape index (κ2) is 12.3. The zero-order valence-electron chi connectivity index (χ0n) is 18.6. The third kappa shape index (κ3) is 7.44. The van der Waals surface area contributed by atoms with Gasteiger partial charge in [-0.1, -0.05) is 0 Å². The number of carbonyl (C=O) groups is 1. The lowest BCUT2D eigenvalue weighted by Gasteiger charge is -2.29. The summed E-state index contributed by atoms with van der Waals surface area (Å²) in [5.41, 5.74) is 12.4. The lowest BCUT2D eigenvalue weighted by Crippen LogP contribution is -2.40. The van der Waals surface area contributed by atoms with Gasteiger partial charge in [-0.3, -0.25) is 9.36 Å². The Labute approximate surface area is 189 Å². The van der Waals surface area contributed by atoms with E-state index in [4.69, 9.17) is 11.5 Å². The summed E-state index contributed by atoms with van der Waals surface area (Å²) in [6.07, 6.45) is 6.65. The van der Waals surface area contributed by atoms with Crippen LogP contribution in [0.3, 0.4) is 0 Å². The highest BCUT2D eigenvalue weighted by Gasteiger charge is 2.15. The Morgan fingerprint density at radius 3 is 2.47 bits per heavy atom. The van der Waals surface area contributed by atoms with Crippen LogP contribution in [-0.4, -0.2) is 59.1 Å². The van der Waals surface area contributed by atoms with Gasteiger partial charge in [0.2, 0.25) is 0 Å². The van der Waals surface area contributed by atoms with Crippen LogP contribution < -0.4 is 27.8 Å². The Balaban J connectivity index is 1.44. The maximum absolute atomic E-state index is 12.4. The molecule has 1 amide bonds. The predicted octanol–water partition coefficient (Wildman–Crippen LogP) is 1.27. The minimum Gasteiger partial charge on any atom is -0.352 e. The summed E-state index contributed by atoms with van der Waals surface area (Å²) < 4.78 is 1.64. The van der Waals surface area contributed by atoms with Crippen molar-refractivity contribution in [2.24, 2.45) is 11.5 Å². The third-order valence-corrected chi connectivity index (χ3v) is 5.72. The fourth-order valence-electron chi connectivity index (χ4n) is 3.72. The molecule has 3 rings (SSSR count). The monoisotopic (exact) mass is 441 g/mol. The second-order valence-corrected chi connectivity index (χ2v) is 8.28. The zero-order chi connectivity index (χ0) is 22.8. The van der Waals surface area contributed by atoms with Gasteiger partial charge in [-0.2, -0.15) is 4.98 Å². The molecule has 9 nitrogen and oxygen atoms in total. The van der Waals surface area contributed by atoms with Crippen LogP contribution in [-0.2, 0) is 6.54 Å². The van der Waals surface area contributed by atoms with Gasteiger partial charge in [-0.15, -0.1) is 0 Å². The molecule has 9 heteroatoms. The van der Waals surface area contributed by atoms with Crippen molar-refractivity contribution >= 4 is 17.4 Å². The number of benzene rings is 1. The van der Waals surface area contributed by atoms with Crippen molar-refractivity contribution in [2.45, 2.75) is 44.7 Å². The molecular weight excluding hydrogens is 406 g/mol. The molecule has 0 aliphatic carbocycles. The first-order valence-electron chi connectivity index (χ1n) is 11.5. The van der Waals surface area contributed by atoms with Crippen LogP contribution in [0, 0.1) is 0 Å². The molecule has 174 valence electrons. The second-order valence-electron chi connectivity index (χ2n) is 8.28. The molecule has 1 aliphatic rings. The van der Waals surface area contributed by atoms with E-state index in [9.17, 15) is 9.59 Å². The predicted molar refractivity (Wildman–Crippen MR) is 127 cm³/mol. The average molecular weight is 442 g/mol. The maximum atomic E-state index is 12.4. The number of hydrogen-bond donors (Lipinski definition) is 4. The van der Waals surface area contributed by atoms with Gasteiger partial charge >= 0.3 is 5.69 Å². The van der Waals surface area contributed by atoms with E-state index in [0.29, 0.717) is 37.1 Å². The summed E-state index contributed by atoms with van der Waals surface area (Å²) in [5.74, 6) is 0.352. The molecule has 32 heavy (non-hydrogen) atoms. The number of hydrogen-bond acceptors (Lipinski definition) is 7. The van der Waals surface area contributed by atoms with Gasteiger partial charge in [0.05, 0.1) is 0 Å². The number of piperidine rings is 1. The number of nitrogens with one attached hydrogen (secondary N) is 2. The number of rotatable bonds is 11. The zero-order valence-corrected chi connectivity index (χ0v) is 18.6. The van der Waals surface area contributed by atoms with Crippen molar-refractivity contribution in [3.8, 4) is 0 Å². The van der Waals surface area contributed by atoms with Crippen LogP contribution in [0.4, 0.5) is 11.5 Å². The molecule has 0 spiro atoms. The standard InChI is InChI=1S/C23H35N7O2/c24-11-3-12-26-22(31)18-4-6-20(7-5-18)27-21-10-17-30(23(32)28-21)14-2-1-13-29-15-8-19(25)9-16-29/h4-7,10,17,19H,1-3,8-9,11-16,24-25H2,(H,26,31)(H,27,28,32). The van der Waals surface area contributed by atoms with Gasteiger partial charge < -0.3 is 27.0 Å². The van der Waals surface area contributed by atoms with Crippen molar-refractivity contribution in [1.29, 1.82) is 0 Å². The first-order valence-corrected chi connectivity index (χ1v) is 11.5. The molecule has 1 aliphatic heterocycles. The quantitative estimate of drug-likeness (QED) is 0.386. The number of unbranched alkanes of at least 4 members (excludes halogenated alkanes) is 1. The molecular formula is C23H35N7O2. The number of carbonyl (C=O) groups excluding carboxylic acids is 1. The van der Waals surface area contributed by atoms with Crippen molar-refractivity contribution in [1.82, 2.24) is 19.8 Å². The molecule has 2 aromatic rings. The first kappa shape index (κ1) is 23.9. The van der Waals surface area contributed by atoms with Crippen LogP contribution in [0.1, 0.15) is 42.5 Å². The lowest BCUT2D eigenvalue weighted by molar-refractivity contribution is 0.0953. The van der Waals surface area contributed by atoms with E-state index in [1.165, 1.54) is 0 Å². The Bertz CT molecular complexity index is 905. The van der Waals surface area contributed by atoms with E-state index in [0.717, 1.165) is 57.4 Å². The molecule has 1 saturated heterocycles. The Hall–Kier alpha value is -2.75. The Morgan fingerprint density at radius 2 is 1.78 bits per heavy atom. The van der Waals surface area contributed by atoms with Crippen LogP contribution >= 0.6 is 0 Å². The van der Waals surface area contributed by atoms with E-state index in [-0.39, 0.29) is 11.6 Å². The first-order chi connectivity index (χ1) is 15.5. The molecule has 6 N–H and O–H groups in total. The normalized spacial score (nSPS) is 14.9. The lowest BCUT2D eigenvalue weighted by atomic mass is 10.1. The van der Waals surface area contributed by atoms with Gasteiger partial charge in [0.15, 0.2) is 0 Å². The number of likely N-dealkylation sites (tertiary alicyclic amines) is 1. The minimum atomic E-state index is -0.269. The van der Waals surface area contributed by atoms with Crippen molar-refractivity contribution < 1.29 is 4.79 Å². The van der Waals surface area contributed by atoms with E-state index < -0.39 is 0 Å². The van der Waals surface area contributed by atoms with E-state index in [1.807, 2.05) is 0 Å². The molecule has 1 aromatic heterocycles. The van der Waals surface area contributed by atoms with Gasteiger partial charge in [-0.25, -0.2) is 4.79 Å². The summed E-state index contributed by atoms with van der Waals surface area (Å²) in [4.78, 5) is 31.0. The molecule has 0 radical (unpaired) electrons. The summed E-state index contributed by atoms with van der Waals surface area (Å²) in [5, 5.41) is 5.94. The van der Waals surface area contributed by atoms with Crippen LogP contribution in [0.15, 0.2) is 41.3 Å². The Kier molecular flexibility index (Phi) is 9.21. The van der Waals surface area contributed by atoms with Gasteiger partial charge in [0, 0.05) is 36.6 Å². The fourth-order valence-corrected chi connectivity index (χ4v) is 3.72. The van der Waals surface area contributed by atoms with Gasteiger partial charge in [0.1, 0.15) is 5.82 Å². The van der Waals surface area contributed by atoms with Gasteiger partial charge in [-0.05, 0) is 88.6 Å². The molecule has 0 unspecified atom stereocenters. The Morgan fingerprint density at radius 1 is 1.06 bits per heavy atom. The maximum Gasteiger partial charge on any atom is 0.349 e. The summed E-state index contributed by atoms with van der Waals surface area (Å²) in [6.45, 7) is 4.96. The van der Waals surface area contributed by atoms with Crippen LogP contribution in [0.5, 0.6) is 0 Å². The number of nitrogens with zero attached hydrogens (tertiary/aromatic N) is 3. The fraction of sp³-hybridized carbons (Fsp3) is 0.522. The van der Waals surface area contributed by atoms with E-state index >= 15 is 0 Å². The minimum absolute atomic E-state index is 0.130. The van der Waals surface area contributed by atoms with E-state index in [1.54, 1.807) is 41.1 Å². The van der Waals surface area contributed by atoms with Crippen molar-refractivity contribution in [3.63, 3.8) is 0 Å². The molecule has 2 heterocycles. The molecule has 1 aromatic carbocycles. The van der Waals surface area contributed by atoms with Crippen molar-refractivity contribution in [2.75, 3.05) is 38.0 Å². The largest absolute Gasteiger partial charge is 0.352 e. The average Bonchev–Trinajstić information content (AvgIpc) is 2.80. The van der Waals surface area contributed by atoms with Gasteiger partial charge in [0.25, 0.3) is 5.91 Å². The van der Waals surface area contributed by atoms with Crippen LogP contribution in [0.25, 0.3) is 0 Å². The highest BCUT2D eigenvalue weighted by Crippen LogP contribution is 2.14. The summed E-state index contributed by atoms with van der Waals surface area (Å²) in [6, 6.07) is 9.19. The highest BCUT2D eigenvalue weighted by atomic mass is 16.2. The summed E-state index contributed by atoms with van der Waals surface area (Å²) in [7, 11) is 0. The number of nitrogens with two attached hydrogens (primary N) is 2. The molecule has 1 fully saturated rings. The number of aryl methyl sites for hydroxylation is 1. The number of amides is 1. The van der Waals surface area contributed by atoms with Crippen molar-refractivity contribution in [3.05, 3.63) is 52.6 Å². The SMILES string of the molecule is NCCCNC(=O)c1ccc(Nc2ccn(CCCCN3CCC(N)CC3)c(=O)n2)cc1. The van der Waals surface area contributed by atoms with Crippen LogP contribution in [0.2, 0.25) is 0 Å². The summed E-state index contributed by atoms with van der Waals surface area (Å²) >= 11 is 0. The topological polar surface area (TPSA) is 131 Å². The molecule has 0 saturated carbocycles. The van der Waals surface area contributed by atoms with E-state index in [2.05, 4.69) is 20.5 Å². The molecule has 0 atom stereocenters.